The molecular formula is C21H25F4N5. The highest BCUT2D eigenvalue weighted by Gasteiger charge is 2.34. The summed E-state index contributed by atoms with van der Waals surface area (Å²) < 4.78 is 54.7. The molecule has 3 atom stereocenters. The van der Waals surface area contributed by atoms with Gasteiger partial charge in [-0.05, 0) is 62.9 Å². The van der Waals surface area contributed by atoms with E-state index in [2.05, 4.69) is 40.5 Å². The molecule has 1 fully saturated rings. The van der Waals surface area contributed by atoms with Gasteiger partial charge in [-0.2, -0.15) is 18.2 Å². The molecule has 1 aromatic heterocycles. The molecule has 2 N–H and O–H groups in total. The van der Waals surface area contributed by atoms with Gasteiger partial charge >= 0.3 is 6.18 Å². The van der Waals surface area contributed by atoms with E-state index >= 15 is 0 Å². The van der Waals surface area contributed by atoms with Gasteiger partial charge in [0.25, 0.3) is 0 Å². The van der Waals surface area contributed by atoms with Crippen molar-refractivity contribution in [1.29, 1.82) is 0 Å². The van der Waals surface area contributed by atoms with E-state index in [-0.39, 0.29) is 11.6 Å². The topological polar surface area (TPSA) is 54.8 Å². The van der Waals surface area contributed by atoms with Gasteiger partial charge in [0.1, 0.15) is 11.6 Å². The third kappa shape index (κ3) is 4.59. The molecule has 2 aliphatic rings. The predicted molar refractivity (Wildman–Crippen MR) is 106 cm³/mol. The molecule has 0 spiro atoms. The first kappa shape index (κ1) is 22.1. The largest absolute Gasteiger partial charge is 0.416 e. The summed E-state index contributed by atoms with van der Waals surface area (Å²) in [6, 6.07) is 2.93. The lowest BCUT2D eigenvalue weighted by Gasteiger charge is -2.23. The van der Waals surface area contributed by atoms with Gasteiger partial charge in [0.05, 0.1) is 5.56 Å². The summed E-state index contributed by atoms with van der Waals surface area (Å²) in [4.78, 5) is 4.56. The maximum absolute atomic E-state index is 14.5. The molecule has 1 saturated heterocycles. The molecule has 2 aliphatic heterocycles. The van der Waals surface area contributed by atoms with Crippen LogP contribution in [0.3, 0.4) is 0 Å². The fourth-order valence-electron chi connectivity index (χ4n) is 4.12. The van der Waals surface area contributed by atoms with Crippen LogP contribution in [0.4, 0.5) is 23.5 Å². The minimum Gasteiger partial charge on any atom is -0.350 e. The Hall–Kier alpha value is -2.60. The maximum Gasteiger partial charge on any atom is 0.416 e. The van der Waals surface area contributed by atoms with Crippen LogP contribution in [0.2, 0.25) is 0 Å². The van der Waals surface area contributed by atoms with Crippen LogP contribution in [0.1, 0.15) is 49.1 Å². The Labute approximate surface area is 173 Å². The smallest absolute Gasteiger partial charge is 0.350 e. The molecule has 0 aliphatic carbocycles. The number of anilines is 1. The van der Waals surface area contributed by atoms with Crippen molar-refractivity contribution in [3.05, 3.63) is 41.0 Å². The van der Waals surface area contributed by atoms with Crippen molar-refractivity contribution in [1.82, 2.24) is 20.1 Å². The number of aryl methyl sites for hydroxylation is 1. The third-order valence-electron chi connectivity index (χ3n) is 5.74. The molecule has 5 nitrogen and oxygen atoms in total. The van der Waals surface area contributed by atoms with E-state index in [4.69, 9.17) is 0 Å². The molecule has 3 unspecified atom stereocenters. The van der Waals surface area contributed by atoms with Gasteiger partial charge in [0.2, 0.25) is 5.95 Å². The minimum atomic E-state index is -4.56. The van der Waals surface area contributed by atoms with E-state index in [0.29, 0.717) is 36.7 Å². The number of rotatable bonds is 4. The quantitative estimate of drug-likeness (QED) is 0.576. The van der Waals surface area contributed by atoms with Crippen LogP contribution < -0.4 is 10.6 Å². The second-order valence-electron chi connectivity index (χ2n) is 7.63. The lowest BCUT2D eigenvalue weighted by Crippen LogP contribution is -2.28. The molecule has 3 heterocycles. The highest BCUT2D eigenvalue weighted by Crippen LogP contribution is 2.37. The Kier molecular flexibility index (Phi) is 6.66. The summed E-state index contributed by atoms with van der Waals surface area (Å²) in [5.41, 5.74) is -0.742. The first-order valence-electron chi connectivity index (χ1n) is 9.95. The summed E-state index contributed by atoms with van der Waals surface area (Å²) in [5, 5.41) is 11.2. The van der Waals surface area contributed by atoms with E-state index < -0.39 is 23.5 Å². The minimum absolute atomic E-state index is 0.195. The van der Waals surface area contributed by atoms with Crippen molar-refractivity contribution >= 4 is 5.95 Å². The van der Waals surface area contributed by atoms with Crippen LogP contribution in [0.5, 0.6) is 0 Å². The van der Waals surface area contributed by atoms with E-state index in [9.17, 15) is 17.6 Å². The van der Waals surface area contributed by atoms with Crippen LogP contribution in [0, 0.1) is 24.6 Å². The molecule has 2 aromatic rings. The number of benzene rings is 1. The maximum atomic E-state index is 14.5. The normalized spacial score (nSPS) is 22.0. The Bertz CT molecular complexity index is 883. The first-order chi connectivity index (χ1) is 14.3. The number of nitrogens with one attached hydrogen (secondary N) is 2. The summed E-state index contributed by atoms with van der Waals surface area (Å²) in [6.07, 6.45) is 5.92. The highest BCUT2D eigenvalue weighted by atomic mass is 19.4. The molecule has 0 saturated carbocycles. The monoisotopic (exact) mass is 423 g/mol. The van der Waals surface area contributed by atoms with Gasteiger partial charge in [0, 0.05) is 18.5 Å². The Balaban J connectivity index is 0.00000124. The van der Waals surface area contributed by atoms with Gasteiger partial charge in [-0.25, -0.2) is 9.07 Å². The highest BCUT2D eigenvalue weighted by molar-refractivity contribution is 5.35. The zero-order valence-corrected chi connectivity index (χ0v) is 16.7. The molecule has 0 radical (unpaired) electrons. The lowest BCUT2D eigenvalue weighted by molar-refractivity contribution is -0.137. The van der Waals surface area contributed by atoms with E-state index in [1.807, 2.05) is 0 Å². The molecule has 4 rings (SSSR count). The van der Waals surface area contributed by atoms with E-state index in [0.717, 1.165) is 32.0 Å². The van der Waals surface area contributed by atoms with Crippen LogP contribution in [-0.2, 0) is 12.7 Å². The summed E-state index contributed by atoms with van der Waals surface area (Å²) in [5.74, 6) is 0.333. The fourth-order valence-corrected chi connectivity index (χ4v) is 4.12. The average Bonchev–Trinajstić information content (AvgIpc) is 3.38. The van der Waals surface area contributed by atoms with Crippen molar-refractivity contribution < 1.29 is 17.6 Å². The molecule has 9 heteroatoms. The van der Waals surface area contributed by atoms with Gasteiger partial charge in [-0.1, -0.05) is 6.07 Å². The first-order valence-corrected chi connectivity index (χ1v) is 9.95. The number of aromatic nitrogens is 3. The van der Waals surface area contributed by atoms with E-state index in [1.165, 1.54) is 6.07 Å². The van der Waals surface area contributed by atoms with Crippen LogP contribution in [0.25, 0.3) is 0 Å². The standard InChI is InChI=1S/C19H23F4N5.C2H2/c1-11(12-6-7-24-10-12)25-18-26-17-15(3-2-8-28(17)27-18)14-5-4-13(9-16(14)20)19(21,22)23;1-2/h4-5,9,11-12,15,24H,2-3,6-8,10H2,1H3,(H,25,27);1-2H. The molecule has 162 valence electrons. The molecule has 0 bridgehead atoms. The number of halogens is 4. The number of hydrogen-bond donors (Lipinski definition) is 2. The van der Waals surface area contributed by atoms with Crippen molar-refractivity contribution in [3.8, 4) is 12.8 Å². The number of fused-ring (bicyclic) bond motifs is 1. The van der Waals surface area contributed by atoms with Crippen molar-refractivity contribution in [2.24, 2.45) is 5.92 Å². The Morgan fingerprint density at radius 2 is 2.03 bits per heavy atom. The zero-order valence-electron chi connectivity index (χ0n) is 16.7. The second kappa shape index (κ2) is 9.04. The Morgan fingerprint density at radius 3 is 2.67 bits per heavy atom. The van der Waals surface area contributed by atoms with Gasteiger partial charge in [-0.3, -0.25) is 0 Å². The number of terminal acetylenes is 1. The molecule has 30 heavy (non-hydrogen) atoms. The zero-order chi connectivity index (χ0) is 21.9. The second-order valence-corrected chi connectivity index (χ2v) is 7.63. The number of alkyl halides is 3. The number of hydrogen-bond acceptors (Lipinski definition) is 4. The molecular weight excluding hydrogens is 398 g/mol. The van der Waals surface area contributed by atoms with Crippen molar-refractivity contribution in [3.63, 3.8) is 0 Å². The van der Waals surface area contributed by atoms with Crippen LogP contribution in [-0.4, -0.2) is 33.9 Å². The SMILES string of the molecule is C#C.CC(Nc1nc2n(n1)CCCC2c1ccc(C(F)(F)F)cc1F)C1CCNC1. The van der Waals surface area contributed by atoms with E-state index in [1.54, 1.807) is 4.68 Å². The fraction of sp³-hybridized carbons (Fsp3) is 0.524. The molecule has 0 amide bonds. The van der Waals surface area contributed by atoms with Gasteiger partial charge in [-0.15, -0.1) is 17.9 Å². The predicted octanol–water partition coefficient (Wildman–Crippen LogP) is 4.02. The lowest BCUT2D eigenvalue weighted by atomic mass is 9.90. The summed E-state index contributed by atoms with van der Waals surface area (Å²) >= 11 is 0. The van der Waals surface area contributed by atoms with Gasteiger partial charge < -0.3 is 10.6 Å². The molecule has 1 aromatic carbocycles. The van der Waals surface area contributed by atoms with Crippen LogP contribution >= 0.6 is 0 Å². The van der Waals surface area contributed by atoms with Crippen LogP contribution in [0.15, 0.2) is 18.2 Å². The average molecular weight is 423 g/mol. The summed E-state index contributed by atoms with van der Waals surface area (Å²) in [6.45, 7) is 4.70. The van der Waals surface area contributed by atoms with Crippen molar-refractivity contribution in [2.45, 2.75) is 50.9 Å². The van der Waals surface area contributed by atoms with Crippen molar-refractivity contribution in [2.75, 3.05) is 18.4 Å². The Morgan fingerprint density at radius 1 is 1.27 bits per heavy atom. The third-order valence-corrected chi connectivity index (χ3v) is 5.74. The number of nitrogens with zero attached hydrogens (tertiary/aromatic N) is 3. The summed E-state index contributed by atoms with van der Waals surface area (Å²) in [7, 11) is 0. The van der Waals surface area contributed by atoms with Gasteiger partial charge in [0.15, 0.2) is 0 Å².